The Morgan fingerprint density at radius 3 is 2.59 bits per heavy atom. The van der Waals surface area contributed by atoms with Crippen LogP contribution in [0.4, 0.5) is 0 Å². The van der Waals surface area contributed by atoms with Gasteiger partial charge in [-0.2, -0.15) is 5.10 Å². The van der Waals surface area contributed by atoms with Crippen LogP contribution in [0.25, 0.3) is 5.69 Å². The highest BCUT2D eigenvalue weighted by Crippen LogP contribution is 2.29. The molecule has 0 radical (unpaired) electrons. The lowest BCUT2D eigenvalue weighted by Crippen LogP contribution is -2.34. The molecule has 116 valence electrons. The van der Waals surface area contributed by atoms with E-state index in [-0.39, 0.29) is 5.91 Å². The molecule has 1 amide bonds. The summed E-state index contributed by atoms with van der Waals surface area (Å²) in [6, 6.07) is 10.1. The van der Waals surface area contributed by atoms with Crippen molar-refractivity contribution in [1.82, 2.24) is 14.7 Å². The maximum absolute atomic E-state index is 12.7. The second-order valence-corrected chi connectivity index (χ2v) is 6.41. The van der Waals surface area contributed by atoms with Crippen molar-refractivity contribution < 1.29 is 4.79 Å². The van der Waals surface area contributed by atoms with Gasteiger partial charge in [-0.3, -0.25) is 4.79 Å². The molecule has 1 aliphatic rings. The molecule has 1 fully saturated rings. The zero-order valence-electron chi connectivity index (χ0n) is 13.3. The Morgan fingerprint density at radius 2 is 2.05 bits per heavy atom. The zero-order chi connectivity index (χ0) is 15.5. The molecule has 1 aliphatic carbocycles. The van der Waals surface area contributed by atoms with E-state index in [9.17, 15) is 4.79 Å². The Balaban J connectivity index is 1.72. The summed E-state index contributed by atoms with van der Waals surface area (Å²) in [5.41, 5.74) is 1.74. The summed E-state index contributed by atoms with van der Waals surface area (Å²) in [6.45, 7) is 5.27. The molecule has 0 spiro atoms. The summed E-state index contributed by atoms with van der Waals surface area (Å²) in [4.78, 5) is 14.8. The average molecular weight is 297 g/mol. The molecule has 1 heterocycles. The van der Waals surface area contributed by atoms with Crippen LogP contribution in [0.2, 0.25) is 0 Å². The molecule has 0 unspecified atom stereocenters. The number of rotatable bonds is 6. The molecule has 0 atom stereocenters. The van der Waals surface area contributed by atoms with Crippen molar-refractivity contribution in [2.24, 2.45) is 5.92 Å². The van der Waals surface area contributed by atoms with Crippen LogP contribution in [0.15, 0.2) is 42.7 Å². The molecular formula is C18H23N3O. The van der Waals surface area contributed by atoms with Crippen LogP contribution in [0, 0.1) is 5.92 Å². The Hall–Kier alpha value is -2.10. The number of carbonyl (C=O) groups is 1. The Morgan fingerprint density at radius 1 is 1.32 bits per heavy atom. The third-order valence-corrected chi connectivity index (χ3v) is 4.08. The summed E-state index contributed by atoms with van der Waals surface area (Å²) in [6.07, 6.45) is 7.01. The molecule has 1 aromatic heterocycles. The van der Waals surface area contributed by atoms with Crippen molar-refractivity contribution in [3.8, 4) is 5.69 Å². The minimum atomic E-state index is 0.162. The predicted molar refractivity (Wildman–Crippen MR) is 87.1 cm³/mol. The number of nitrogens with zero attached hydrogens (tertiary/aromatic N) is 3. The van der Waals surface area contributed by atoms with E-state index in [1.165, 1.54) is 0 Å². The molecule has 0 saturated heterocycles. The standard InChI is InChI=1S/C18H23N3O/c1-14(2)10-13-20(16-8-9-16)18(22)15-4-6-17(7-5-15)21-12-3-11-19-21/h3-7,11-12,14,16H,8-10,13H2,1-2H3. The van der Waals surface area contributed by atoms with Crippen LogP contribution < -0.4 is 0 Å². The summed E-state index contributed by atoms with van der Waals surface area (Å²) in [5, 5.41) is 4.20. The van der Waals surface area contributed by atoms with Crippen molar-refractivity contribution in [3.63, 3.8) is 0 Å². The zero-order valence-corrected chi connectivity index (χ0v) is 13.3. The number of benzene rings is 1. The summed E-state index contributed by atoms with van der Waals surface area (Å²) in [7, 11) is 0. The largest absolute Gasteiger partial charge is 0.336 e. The Labute approximate surface area is 131 Å². The normalized spacial score (nSPS) is 14.3. The van der Waals surface area contributed by atoms with E-state index in [1.54, 1.807) is 10.9 Å². The van der Waals surface area contributed by atoms with Crippen molar-refractivity contribution in [1.29, 1.82) is 0 Å². The van der Waals surface area contributed by atoms with Gasteiger partial charge >= 0.3 is 0 Å². The number of carbonyl (C=O) groups excluding carboxylic acids is 1. The third-order valence-electron chi connectivity index (χ3n) is 4.08. The minimum Gasteiger partial charge on any atom is -0.336 e. The molecule has 22 heavy (non-hydrogen) atoms. The van der Waals surface area contributed by atoms with Crippen molar-refractivity contribution in [2.45, 2.75) is 39.2 Å². The van der Waals surface area contributed by atoms with E-state index in [4.69, 9.17) is 0 Å². The molecular weight excluding hydrogens is 274 g/mol. The highest BCUT2D eigenvalue weighted by molar-refractivity contribution is 5.94. The van der Waals surface area contributed by atoms with Crippen LogP contribution in [-0.2, 0) is 0 Å². The van der Waals surface area contributed by atoms with E-state index in [0.29, 0.717) is 12.0 Å². The fraction of sp³-hybridized carbons (Fsp3) is 0.444. The van der Waals surface area contributed by atoms with Gasteiger partial charge in [-0.05, 0) is 55.5 Å². The predicted octanol–water partition coefficient (Wildman–Crippen LogP) is 3.52. The topological polar surface area (TPSA) is 38.1 Å². The number of hydrogen-bond acceptors (Lipinski definition) is 2. The van der Waals surface area contributed by atoms with E-state index in [1.807, 2.05) is 36.5 Å². The lowest BCUT2D eigenvalue weighted by atomic mass is 10.1. The van der Waals surface area contributed by atoms with Gasteiger partial charge in [0.15, 0.2) is 0 Å². The first-order valence-electron chi connectivity index (χ1n) is 8.06. The highest BCUT2D eigenvalue weighted by atomic mass is 16.2. The van der Waals surface area contributed by atoms with Gasteiger partial charge in [-0.1, -0.05) is 13.8 Å². The molecule has 2 aromatic rings. The molecule has 0 aliphatic heterocycles. The molecule has 0 bridgehead atoms. The smallest absolute Gasteiger partial charge is 0.254 e. The first-order valence-corrected chi connectivity index (χ1v) is 8.06. The molecule has 3 rings (SSSR count). The van der Waals surface area contributed by atoms with Gasteiger partial charge in [-0.15, -0.1) is 0 Å². The van der Waals surface area contributed by atoms with Gasteiger partial charge in [0.05, 0.1) is 5.69 Å². The maximum Gasteiger partial charge on any atom is 0.254 e. The van der Waals surface area contributed by atoms with Gasteiger partial charge in [-0.25, -0.2) is 4.68 Å². The number of aromatic nitrogens is 2. The van der Waals surface area contributed by atoms with Crippen LogP contribution in [0.5, 0.6) is 0 Å². The SMILES string of the molecule is CC(C)CCN(C(=O)c1ccc(-n2cccn2)cc1)C1CC1. The molecule has 0 N–H and O–H groups in total. The quantitative estimate of drug-likeness (QED) is 0.818. The number of hydrogen-bond donors (Lipinski definition) is 0. The molecule has 1 saturated carbocycles. The Bertz CT molecular complexity index is 612. The van der Waals surface area contributed by atoms with Crippen molar-refractivity contribution in [3.05, 3.63) is 48.3 Å². The lowest BCUT2D eigenvalue weighted by Gasteiger charge is -2.23. The first-order chi connectivity index (χ1) is 10.6. The van der Waals surface area contributed by atoms with Gasteiger partial charge < -0.3 is 4.90 Å². The second-order valence-electron chi connectivity index (χ2n) is 6.41. The van der Waals surface area contributed by atoms with Gasteiger partial charge in [0.25, 0.3) is 5.91 Å². The lowest BCUT2D eigenvalue weighted by molar-refractivity contribution is 0.0735. The summed E-state index contributed by atoms with van der Waals surface area (Å²) < 4.78 is 1.80. The fourth-order valence-electron chi connectivity index (χ4n) is 2.58. The van der Waals surface area contributed by atoms with Crippen molar-refractivity contribution in [2.75, 3.05) is 6.54 Å². The highest BCUT2D eigenvalue weighted by Gasteiger charge is 2.32. The van der Waals surface area contributed by atoms with Crippen LogP contribution in [0.1, 0.15) is 43.5 Å². The van der Waals surface area contributed by atoms with E-state index < -0.39 is 0 Å². The van der Waals surface area contributed by atoms with E-state index in [0.717, 1.165) is 37.1 Å². The minimum absolute atomic E-state index is 0.162. The van der Waals surface area contributed by atoms with E-state index >= 15 is 0 Å². The number of amides is 1. The first kappa shape index (κ1) is 14.8. The average Bonchev–Trinajstić information content (AvgIpc) is 3.20. The van der Waals surface area contributed by atoms with E-state index in [2.05, 4.69) is 23.8 Å². The van der Waals surface area contributed by atoms with Crippen LogP contribution >= 0.6 is 0 Å². The Kier molecular flexibility index (Phi) is 4.27. The molecule has 4 nitrogen and oxygen atoms in total. The monoisotopic (exact) mass is 297 g/mol. The maximum atomic E-state index is 12.7. The summed E-state index contributed by atoms with van der Waals surface area (Å²) in [5.74, 6) is 0.784. The second kappa shape index (κ2) is 6.34. The van der Waals surface area contributed by atoms with Gasteiger partial charge in [0.2, 0.25) is 0 Å². The summed E-state index contributed by atoms with van der Waals surface area (Å²) >= 11 is 0. The van der Waals surface area contributed by atoms with Crippen molar-refractivity contribution >= 4 is 5.91 Å². The molecule has 4 heteroatoms. The van der Waals surface area contributed by atoms with Gasteiger partial charge in [0.1, 0.15) is 0 Å². The molecule has 1 aromatic carbocycles. The van der Waals surface area contributed by atoms with Crippen LogP contribution in [-0.4, -0.2) is 33.2 Å². The third kappa shape index (κ3) is 3.38. The van der Waals surface area contributed by atoms with Gasteiger partial charge in [0, 0.05) is 30.5 Å². The fourth-order valence-corrected chi connectivity index (χ4v) is 2.58. The van der Waals surface area contributed by atoms with Crippen LogP contribution in [0.3, 0.4) is 0 Å².